The first kappa shape index (κ1) is 18.9. The monoisotopic (exact) mass is 384 g/mol. The second-order valence-electron chi connectivity index (χ2n) is 7.10. The first-order chi connectivity index (χ1) is 12.0. The maximum absolute atomic E-state index is 12.7. The van der Waals surface area contributed by atoms with Crippen LogP contribution in [0.4, 0.5) is 0 Å². The van der Waals surface area contributed by atoms with Gasteiger partial charge in [0.2, 0.25) is 5.91 Å². The zero-order chi connectivity index (χ0) is 17.9. The molecule has 7 heteroatoms. The van der Waals surface area contributed by atoms with Gasteiger partial charge < -0.3 is 5.32 Å². The van der Waals surface area contributed by atoms with E-state index in [1.807, 2.05) is 13.0 Å². The number of piperidine rings is 1. The minimum atomic E-state index is -3.41. The van der Waals surface area contributed by atoms with Gasteiger partial charge in [0.15, 0.2) is 0 Å². The number of rotatable bonds is 5. The Morgan fingerprint density at radius 2 is 1.84 bits per heavy atom. The number of carbonyl (C=O) groups excluding carboxylic acids is 1. The van der Waals surface area contributed by atoms with Gasteiger partial charge in [-0.05, 0) is 44.2 Å². The second-order valence-corrected chi connectivity index (χ2v) is 10.4. The molecule has 0 atom stereocenters. The largest absolute Gasteiger partial charge is 0.353 e. The summed E-state index contributed by atoms with van der Waals surface area (Å²) in [5.41, 5.74) is 0. The van der Waals surface area contributed by atoms with E-state index in [2.05, 4.69) is 5.32 Å². The fourth-order valence-corrected chi connectivity index (χ4v) is 6.66. The molecule has 1 aromatic rings. The molecular formula is C18H28N2O3S2. The minimum Gasteiger partial charge on any atom is -0.353 e. The van der Waals surface area contributed by atoms with E-state index < -0.39 is 10.0 Å². The molecule has 25 heavy (non-hydrogen) atoms. The highest BCUT2D eigenvalue weighted by atomic mass is 32.2. The van der Waals surface area contributed by atoms with E-state index >= 15 is 0 Å². The van der Waals surface area contributed by atoms with E-state index in [9.17, 15) is 13.2 Å². The van der Waals surface area contributed by atoms with Crippen LogP contribution >= 0.6 is 11.3 Å². The van der Waals surface area contributed by atoms with Gasteiger partial charge in [-0.2, -0.15) is 4.31 Å². The Labute approximate surface area is 154 Å². The van der Waals surface area contributed by atoms with E-state index in [1.165, 1.54) is 30.6 Å². The first-order valence-electron chi connectivity index (χ1n) is 9.40. The van der Waals surface area contributed by atoms with Gasteiger partial charge in [0.1, 0.15) is 4.21 Å². The van der Waals surface area contributed by atoms with Crippen molar-refractivity contribution in [2.45, 2.75) is 68.5 Å². The SMILES string of the molecule is CCc1ccc(S(=O)(=O)N2CCC(C(=O)NC3CCCCC3)CC2)s1. The van der Waals surface area contributed by atoms with Crippen LogP contribution in [0.5, 0.6) is 0 Å². The predicted octanol–water partition coefficient (Wildman–Crippen LogP) is 3.16. The molecule has 0 aromatic carbocycles. The van der Waals surface area contributed by atoms with Crippen LogP contribution < -0.4 is 5.32 Å². The highest BCUT2D eigenvalue weighted by molar-refractivity contribution is 7.91. The van der Waals surface area contributed by atoms with Gasteiger partial charge in [-0.15, -0.1) is 11.3 Å². The van der Waals surface area contributed by atoms with E-state index in [4.69, 9.17) is 0 Å². The fourth-order valence-electron chi connectivity index (χ4n) is 3.74. The quantitative estimate of drug-likeness (QED) is 0.848. The summed E-state index contributed by atoms with van der Waals surface area (Å²) in [4.78, 5) is 13.5. The molecule has 0 spiro atoms. The Bertz CT molecular complexity index is 685. The van der Waals surface area contributed by atoms with Crippen molar-refractivity contribution >= 4 is 27.3 Å². The number of nitrogens with zero attached hydrogens (tertiary/aromatic N) is 1. The topological polar surface area (TPSA) is 66.5 Å². The molecule has 140 valence electrons. The number of hydrogen-bond acceptors (Lipinski definition) is 4. The van der Waals surface area contributed by atoms with Gasteiger partial charge >= 0.3 is 0 Å². The molecule has 2 fully saturated rings. The summed E-state index contributed by atoms with van der Waals surface area (Å²) < 4.78 is 27.5. The number of carbonyl (C=O) groups is 1. The normalized spacial score (nSPS) is 21.3. The number of nitrogens with one attached hydrogen (secondary N) is 1. The standard InChI is InChI=1S/C18H28N2O3S2/c1-2-16-8-9-17(24-16)25(22,23)20-12-10-14(11-13-20)18(21)19-15-6-4-3-5-7-15/h8-9,14-15H,2-7,10-13H2,1H3,(H,19,21). The van der Waals surface area contributed by atoms with Gasteiger partial charge in [-0.25, -0.2) is 8.42 Å². The van der Waals surface area contributed by atoms with Crippen LogP contribution in [0.1, 0.15) is 56.7 Å². The van der Waals surface area contributed by atoms with E-state index in [0.29, 0.717) is 36.2 Å². The number of sulfonamides is 1. The number of hydrogen-bond donors (Lipinski definition) is 1. The molecule has 1 saturated carbocycles. The smallest absolute Gasteiger partial charge is 0.252 e. The van der Waals surface area contributed by atoms with Crippen LogP contribution in [0.25, 0.3) is 0 Å². The van der Waals surface area contributed by atoms with Crippen LogP contribution in [0.3, 0.4) is 0 Å². The molecule has 5 nitrogen and oxygen atoms in total. The van der Waals surface area contributed by atoms with E-state index in [0.717, 1.165) is 24.1 Å². The maximum Gasteiger partial charge on any atom is 0.252 e. The molecule has 0 radical (unpaired) electrons. The van der Waals surface area contributed by atoms with E-state index in [1.54, 1.807) is 10.4 Å². The zero-order valence-electron chi connectivity index (χ0n) is 14.9. The lowest BCUT2D eigenvalue weighted by Crippen LogP contribution is -2.45. The van der Waals surface area contributed by atoms with Crippen molar-refractivity contribution in [1.29, 1.82) is 0 Å². The average Bonchev–Trinajstić information content (AvgIpc) is 3.13. The Kier molecular flexibility index (Phi) is 6.17. The van der Waals surface area contributed by atoms with Crippen LogP contribution in [0.2, 0.25) is 0 Å². The van der Waals surface area contributed by atoms with Gasteiger partial charge in [0.05, 0.1) is 0 Å². The lowest BCUT2D eigenvalue weighted by atomic mass is 9.93. The molecule has 2 heterocycles. The van der Waals surface area contributed by atoms with Gasteiger partial charge in [-0.3, -0.25) is 4.79 Å². The highest BCUT2D eigenvalue weighted by Crippen LogP contribution is 2.29. The summed E-state index contributed by atoms with van der Waals surface area (Å²) in [5.74, 6) is 0.0660. The minimum absolute atomic E-state index is 0.0529. The number of thiophene rings is 1. The third-order valence-corrected chi connectivity index (χ3v) is 8.95. The van der Waals surface area contributed by atoms with Gasteiger partial charge in [0, 0.05) is 29.9 Å². The van der Waals surface area contributed by atoms with Crippen molar-refractivity contribution in [3.05, 3.63) is 17.0 Å². The zero-order valence-corrected chi connectivity index (χ0v) is 16.5. The molecule has 0 bridgehead atoms. The second kappa shape index (κ2) is 8.18. The summed E-state index contributed by atoms with van der Waals surface area (Å²) in [6, 6.07) is 3.92. The summed E-state index contributed by atoms with van der Waals surface area (Å²) in [6.45, 7) is 2.90. The Balaban J connectivity index is 1.54. The van der Waals surface area contributed by atoms with Crippen molar-refractivity contribution in [2.75, 3.05) is 13.1 Å². The maximum atomic E-state index is 12.7. The summed E-state index contributed by atoms with van der Waals surface area (Å²) in [7, 11) is -3.41. The van der Waals surface area contributed by atoms with Crippen molar-refractivity contribution in [3.8, 4) is 0 Å². The summed E-state index contributed by atoms with van der Waals surface area (Å²) in [5, 5.41) is 3.18. The molecule has 1 aliphatic carbocycles. The molecule has 1 N–H and O–H groups in total. The molecule has 0 unspecified atom stereocenters. The fraction of sp³-hybridized carbons (Fsp3) is 0.722. The molecule has 1 aliphatic heterocycles. The number of amides is 1. The van der Waals surface area contributed by atoms with Crippen LogP contribution in [0.15, 0.2) is 16.3 Å². The van der Waals surface area contributed by atoms with Crippen molar-refractivity contribution < 1.29 is 13.2 Å². The lowest BCUT2D eigenvalue weighted by molar-refractivity contribution is -0.127. The summed E-state index contributed by atoms with van der Waals surface area (Å²) in [6.07, 6.45) is 7.90. The third kappa shape index (κ3) is 4.44. The van der Waals surface area contributed by atoms with Gasteiger partial charge in [-0.1, -0.05) is 26.2 Å². The Morgan fingerprint density at radius 3 is 2.44 bits per heavy atom. The first-order valence-corrected chi connectivity index (χ1v) is 11.7. The molecule has 1 saturated heterocycles. The lowest BCUT2D eigenvalue weighted by Gasteiger charge is -2.31. The molecule has 1 aromatic heterocycles. The van der Waals surface area contributed by atoms with Crippen LogP contribution in [0, 0.1) is 5.92 Å². The third-order valence-electron chi connectivity index (χ3n) is 5.36. The van der Waals surface area contributed by atoms with Gasteiger partial charge in [0.25, 0.3) is 10.0 Å². The Morgan fingerprint density at radius 1 is 1.16 bits per heavy atom. The molecular weight excluding hydrogens is 356 g/mol. The molecule has 3 rings (SSSR count). The van der Waals surface area contributed by atoms with Crippen LogP contribution in [-0.4, -0.2) is 37.8 Å². The molecule has 1 amide bonds. The Hall–Kier alpha value is -0.920. The van der Waals surface area contributed by atoms with Crippen LogP contribution in [-0.2, 0) is 21.2 Å². The van der Waals surface area contributed by atoms with Crippen molar-refractivity contribution in [2.24, 2.45) is 5.92 Å². The predicted molar refractivity (Wildman–Crippen MR) is 100 cm³/mol. The summed E-state index contributed by atoms with van der Waals surface area (Å²) >= 11 is 1.35. The highest BCUT2D eigenvalue weighted by Gasteiger charge is 2.33. The molecule has 2 aliphatic rings. The average molecular weight is 385 g/mol. The van der Waals surface area contributed by atoms with Crippen molar-refractivity contribution in [3.63, 3.8) is 0 Å². The number of aryl methyl sites for hydroxylation is 1. The van der Waals surface area contributed by atoms with E-state index in [-0.39, 0.29) is 11.8 Å². The van der Waals surface area contributed by atoms with Crippen molar-refractivity contribution in [1.82, 2.24) is 9.62 Å².